The maximum atomic E-state index is 4.91. The van der Waals surface area contributed by atoms with Crippen molar-refractivity contribution in [2.45, 2.75) is 13.1 Å². The van der Waals surface area contributed by atoms with Crippen LogP contribution in [0.25, 0.3) is 0 Å². The Morgan fingerprint density at radius 1 is 1.46 bits per heavy atom. The van der Waals surface area contributed by atoms with Crippen molar-refractivity contribution in [3.63, 3.8) is 0 Å². The van der Waals surface area contributed by atoms with E-state index in [1.165, 1.54) is 11.5 Å². The Labute approximate surface area is 78.9 Å². The minimum atomic E-state index is 0.664. The normalized spacial score (nSPS) is 10.5. The average molecular weight is 196 g/mol. The van der Waals surface area contributed by atoms with Crippen LogP contribution in [0.4, 0.5) is 0 Å². The van der Waals surface area contributed by atoms with Gasteiger partial charge in [-0.1, -0.05) is 9.64 Å². The number of nitrogens with one attached hydrogen (secondary N) is 1. The first kappa shape index (κ1) is 8.33. The zero-order valence-electron chi connectivity index (χ0n) is 6.80. The highest BCUT2D eigenvalue weighted by Crippen LogP contribution is 1.98. The molecule has 0 unspecified atom stereocenters. The number of hydrogen-bond acceptors (Lipinski definition) is 6. The molecule has 0 saturated carbocycles. The van der Waals surface area contributed by atoms with E-state index in [9.17, 15) is 0 Å². The minimum Gasteiger partial charge on any atom is -0.360 e. The maximum absolute atomic E-state index is 4.91. The second kappa shape index (κ2) is 4.11. The number of hydrogen-bond donors (Lipinski definition) is 1. The van der Waals surface area contributed by atoms with Gasteiger partial charge >= 0.3 is 0 Å². The molecule has 0 bridgehead atoms. The van der Waals surface area contributed by atoms with Crippen LogP contribution in [0.3, 0.4) is 0 Å². The molecule has 0 saturated heterocycles. The first-order valence-electron chi connectivity index (χ1n) is 3.81. The van der Waals surface area contributed by atoms with E-state index in [-0.39, 0.29) is 0 Å². The summed E-state index contributed by atoms with van der Waals surface area (Å²) in [6, 6.07) is 1.83. The zero-order chi connectivity index (χ0) is 8.93. The summed E-state index contributed by atoms with van der Waals surface area (Å²) in [7, 11) is 0. The van der Waals surface area contributed by atoms with Gasteiger partial charge in [0, 0.05) is 18.0 Å². The quantitative estimate of drug-likeness (QED) is 0.784. The Kier molecular flexibility index (Phi) is 2.63. The van der Waals surface area contributed by atoms with Crippen LogP contribution < -0.4 is 5.32 Å². The zero-order valence-corrected chi connectivity index (χ0v) is 7.62. The molecular weight excluding hydrogens is 188 g/mol. The second-order valence-electron chi connectivity index (χ2n) is 2.48. The summed E-state index contributed by atoms with van der Waals surface area (Å²) < 4.78 is 8.66. The summed E-state index contributed by atoms with van der Waals surface area (Å²) >= 11 is 1.35. The molecule has 0 spiro atoms. The lowest BCUT2D eigenvalue weighted by atomic mass is 10.4. The Morgan fingerprint density at radius 3 is 3.15 bits per heavy atom. The molecule has 2 aromatic heterocycles. The minimum absolute atomic E-state index is 0.664. The third-order valence-corrected chi connectivity index (χ3v) is 2.06. The van der Waals surface area contributed by atoms with E-state index >= 15 is 0 Å². The molecule has 0 aromatic carbocycles. The van der Waals surface area contributed by atoms with Crippen molar-refractivity contribution in [3.8, 4) is 0 Å². The summed E-state index contributed by atoms with van der Waals surface area (Å²) in [5, 5.41) is 12.6. The van der Waals surface area contributed by atoms with Crippen molar-refractivity contribution in [1.82, 2.24) is 20.1 Å². The lowest BCUT2D eigenvalue weighted by molar-refractivity contribution is 0.372. The Balaban J connectivity index is 1.76. The average Bonchev–Trinajstić information content (AvgIpc) is 2.75. The summed E-state index contributed by atoms with van der Waals surface area (Å²) in [6.07, 6.45) is 1.63. The molecule has 1 N–H and O–H groups in total. The third-order valence-electron chi connectivity index (χ3n) is 1.50. The van der Waals surface area contributed by atoms with E-state index in [0.29, 0.717) is 13.1 Å². The van der Waals surface area contributed by atoms with Gasteiger partial charge in [-0.05, 0) is 11.5 Å². The molecule has 0 atom stereocenters. The number of nitrogens with zero attached hydrogens (tertiary/aromatic N) is 3. The molecular formula is C7H8N4OS. The fourth-order valence-corrected chi connectivity index (χ4v) is 1.36. The van der Waals surface area contributed by atoms with Crippen molar-refractivity contribution in [2.24, 2.45) is 0 Å². The molecule has 5 nitrogen and oxygen atoms in total. The second-order valence-corrected chi connectivity index (χ2v) is 3.09. The summed E-state index contributed by atoms with van der Waals surface area (Å²) in [5.74, 6) is 0.822. The van der Waals surface area contributed by atoms with Crippen molar-refractivity contribution >= 4 is 11.5 Å². The van der Waals surface area contributed by atoms with Crippen LogP contribution in [0.1, 0.15) is 11.5 Å². The highest BCUT2D eigenvalue weighted by Gasteiger charge is 1.98. The maximum Gasteiger partial charge on any atom is 0.150 e. The van der Waals surface area contributed by atoms with Gasteiger partial charge in [0.15, 0.2) is 0 Å². The molecule has 0 aliphatic heterocycles. The van der Waals surface area contributed by atoms with Crippen LogP contribution in [0.5, 0.6) is 0 Å². The largest absolute Gasteiger partial charge is 0.360 e. The van der Waals surface area contributed by atoms with E-state index in [0.717, 1.165) is 11.5 Å². The van der Waals surface area contributed by atoms with Crippen LogP contribution in [-0.4, -0.2) is 14.7 Å². The van der Waals surface area contributed by atoms with E-state index in [4.69, 9.17) is 4.52 Å². The number of rotatable bonds is 4. The van der Waals surface area contributed by atoms with Gasteiger partial charge < -0.3 is 9.84 Å². The molecule has 2 heterocycles. The van der Waals surface area contributed by atoms with Crippen molar-refractivity contribution in [3.05, 3.63) is 29.1 Å². The van der Waals surface area contributed by atoms with Gasteiger partial charge in [-0.15, -0.1) is 5.10 Å². The van der Waals surface area contributed by atoms with Crippen LogP contribution in [0.15, 0.2) is 22.2 Å². The Hall–Kier alpha value is -1.27. The standard InChI is InChI=1S/C7H8N4OS/c1-2-9-12-7(1)4-8-3-6-5-13-11-10-6/h1-2,5,8H,3-4H2. The van der Waals surface area contributed by atoms with Crippen LogP contribution in [0, 0.1) is 0 Å². The van der Waals surface area contributed by atoms with Gasteiger partial charge in [0.25, 0.3) is 0 Å². The van der Waals surface area contributed by atoms with Crippen molar-refractivity contribution in [2.75, 3.05) is 0 Å². The highest BCUT2D eigenvalue weighted by atomic mass is 32.1. The predicted octanol–water partition coefficient (Wildman–Crippen LogP) is 0.816. The van der Waals surface area contributed by atoms with Crippen LogP contribution in [-0.2, 0) is 13.1 Å². The van der Waals surface area contributed by atoms with E-state index in [1.54, 1.807) is 6.20 Å². The van der Waals surface area contributed by atoms with Crippen molar-refractivity contribution in [1.29, 1.82) is 0 Å². The highest BCUT2D eigenvalue weighted by molar-refractivity contribution is 7.03. The molecule has 13 heavy (non-hydrogen) atoms. The lowest BCUT2D eigenvalue weighted by Gasteiger charge is -1.96. The third kappa shape index (κ3) is 2.33. The molecule has 2 rings (SSSR count). The molecule has 0 radical (unpaired) electrons. The summed E-state index contributed by atoms with van der Waals surface area (Å²) in [6.45, 7) is 1.37. The Bertz CT molecular complexity index is 297. The SMILES string of the molecule is c1cc(CNCc2csnn2)on1. The molecule has 68 valence electrons. The van der Waals surface area contributed by atoms with Crippen molar-refractivity contribution < 1.29 is 4.52 Å². The number of aromatic nitrogens is 3. The van der Waals surface area contributed by atoms with E-state index < -0.39 is 0 Å². The van der Waals surface area contributed by atoms with Crippen LogP contribution in [0.2, 0.25) is 0 Å². The first-order chi connectivity index (χ1) is 6.45. The smallest absolute Gasteiger partial charge is 0.150 e. The topological polar surface area (TPSA) is 63.8 Å². The van der Waals surface area contributed by atoms with Gasteiger partial charge in [-0.2, -0.15) is 0 Å². The van der Waals surface area contributed by atoms with Crippen LogP contribution >= 0.6 is 11.5 Å². The lowest BCUT2D eigenvalue weighted by Crippen LogP contribution is -2.12. The molecule has 0 aliphatic rings. The molecule has 6 heteroatoms. The van der Waals surface area contributed by atoms with Gasteiger partial charge in [0.2, 0.25) is 0 Å². The van der Waals surface area contributed by atoms with E-state index in [2.05, 4.69) is 20.1 Å². The van der Waals surface area contributed by atoms with E-state index in [1.807, 2.05) is 11.4 Å². The Morgan fingerprint density at radius 2 is 2.46 bits per heavy atom. The molecule has 0 amide bonds. The van der Waals surface area contributed by atoms with Gasteiger partial charge in [-0.3, -0.25) is 0 Å². The fourth-order valence-electron chi connectivity index (χ4n) is 0.908. The summed E-state index contributed by atoms with van der Waals surface area (Å²) in [4.78, 5) is 0. The predicted molar refractivity (Wildman–Crippen MR) is 47.0 cm³/mol. The molecule has 0 fully saturated rings. The molecule has 0 aliphatic carbocycles. The molecule has 2 aromatic rings. The monoisotopic (exact) mass is 196 g/mol. The fraction of sp³-hybridized carbons (Fsp3) is 0.286. The first-order valence-corrected chi connectivity index (χ1v) is 4.65. The van der Waals surface area contributed by atoms with Gasteiger partial charge in [0.05, 0.1) is 18.4 Å². The van der Waals surface area contributed by atoms with Gasteiger partial charge in [0.1, 0.15) is 5.76 Å². The van der Waals surface area contributed by atoms with Gasteiger partial charge in [-0.25, -0.2) is 0 Å². The summed E-state index contributed by atoms with van der Waals surface area (Å²) in [5.41, 5.74) is 0.949.